The molecule has 2 N–H and O–H groups in total. The summed E-state index contributed by atoms with van der Waals surface area (Å²) in [6, 6.07) is 7.70. The third-order valence-electron chi connectivity index (χ3n) is 5.87. The number of carbonyl (C=O) groups excluding carboxylic acids is 2. The van der Waals surface area contributed by atoms with Crippen LogP contribution in [-0.2, 0) is 9.59 Å². The maximum absolute atomic E-state index is 13.1. The smallest absolute Gasteiger partial charge is 0.163 e. The van der Waals surface area contributed by atoms with Crippen LogP contribution in [0.25, 0.3) is 0 Å². The van der Waals surface area contributed by atoms with Gasteiger partial charge in [-0.15, -0.1) is 0 Å². The van der Waals surface area contributed by atoms with E-state index in [-0.39, 0.29) is 22.4 Å². The lowest BCUT2D eigenvalue weighted by atomic mass is 9.66. The molecular weight excluding hydrogens is 338 g/mol. The van der Waals surface area contributed by atoms with Gasteiger partial charge in [0.25, 0.3) is 0 Å². The van der Waals surface area contributed by atoms with Gasteiger partial charge in [-0.3, -0.25) is 9.59 Å². The Labute approximate surface area is 160 Å². The average molecular weight is 365 g/mol. The summed E-state index contributed by atoms with van der Waals surface area (Å²) in [5.41, 5.74) is 8.87. The zero-order valence-electron chi connectivity index (χ0n) is 16.5. The van der Waals surface area contributed by atoms with Crippen molar-refractivity contribution < 1.29 is 14.3 Å². The number of Topliss-reactive ketones (excluding diaryl/α,β-unsaturated/α-hetero) is 2. The van der Waals surface area contributed by atoms with E-state index in [2.05, 4.69) is 27.7 Å². The molecule has 2 aliphatic carbocycles. The van der Waals surface area contributed by atoms with Gasteiger partial charge in [0.05, 0.1) is 0 Å². The van der Waals surface area contributed by atoms with Crippen LogP contribution in [0.5, 0.6) is 5.75 Å². The van der Waals surface area contributed by atoms with Gasteiger partial charge in [0.15, 0.2) is 11.6 Å². The number of allylic oxidation sites excluding steroid dienone is 4. The molecule has 27 heavy (non-hydrogen) atoms. The molecule has 0 unspecified atom stereocenters. The van der Waals surface area contributed by atoms with Crippen LogP contribution in [0.15, 0.2) is 46.9 Å². The third-order valence-corrected chi connectivity index (χ3v) is 5.87. The highest BCUT2D eigenvalue weighted by Crippen LogP contribution is 2.52. The third kappa shape index (κ3) is 3.01. The van der Waals surface area contributed by atoms with E-state index >= 15 is 0 Å². The minimum atomic E-state index is -0.405. The molecule has 1 atom stereocenters. The second-order valence-corrected chi connectivity index (χ2v) is 9.73. The fraction of sp³-hybridized carbons (Fsp3) is 0.478. The van der Waals surface area contributed by atoms with Crippen LogP contribution in [0.4, 0.5) is 0 Å². The van der Waals surface area contributed by atoms with Crippen LogP contribution >= 0.6 is 0 Å². The standard InChI is InChI=1S/C23H27NO3/c1-22(2)9-14(24)20(15(25)10-22)19-13-7-5-6-8-17(13)27-18-12-23(3,4)11-16(26)21(18)19/h5-8,19H,9-12,24H2,1-4H3/t19-/m0/s1. The maximum Gasteiger partial charge on any atom is 0.163 e. The van der Waals surface area contributed by atoms with Crippen LogP contribution in [0.2, 0.25) is 0 Å². The first kappa shape index (κ1) is 18.0. The number of fused-ring (bicyclic) bond motifs is 1. The fourth-order valence-electron chi connectivity index (χ4n) is 4.82. The van der Waals surface area contributed by atoms with Crippen LogP contribution in [0, 0.1) is 10.8 Å². The van der Waals surface area contributed by atoms with Crippen molar-refractivity contribution in [3.05, 3.63) is 52.4 Å². The summed E-state index contributed by atoms with van der Waals surface area (Å²) in [4.78, 5) is 26.3. The van der Waals surface area contributed by atoms with Crippen molar-refractivity contribution in [2.45, 2.75) is 59.3 Å². The number of carbonyl (C=O) groups is 2. The Morgan fingerprint density at radius 3 is 2.15 bits per heavy atom. The summed E-state index contributed by atoms with van der Waals surface area (Å²) in [5.74, 6) is 1.15. The summed E-state index contributed by atoms with van der Waals surface area (Å²) >= 11 is 0. The molecule has 0 bridgehead atoms. The number of rotatable bonds is 1. The van der Waals surface area contributed by atoms with Crippen molar-refractivity contribution in [2.24, 2.45) is 16.6 Å². The Balaban J connectivity index is 1.93. The predicted octanol–water partition coefficient (Wildman–Crippen LogP) is 4.41. The molecule has 1 aromatic rings. The fourth-order valence-corrected chi connectivity index (χ4v) is 4.82. The minimum Gasteiger partial charge on any atom is -0.461 e. The zero-order valence-corrected chi connectivity index (χ0v) is 16.5. The predicted molar refractivity (Wildman–Crippen MR) is 104 cm³/mol. The first-order valence-electron chi connectivity index (χ1n) is 9.63. The molecule has 4 heteroatoms. The highest BCUT2D eigenvalue weighted by molar-refractivity contribution is 6.06. The van der Waals surface area contributed by atoms with Gasteiger partial charge >= 0.3 is 0 Å². The molecule has 3 aliphatic rings. The Morgan fingerprint density at radius 2 is 1.48 bits per heavy atom. The Hall–Kier alpha value is -2.36. The number of benzene rings is 1. The van der Waals surface area contributed by atoms with Gasteiger partial charge in [-0.25, -0.2) is 0 Å². The summed E-state index contributed by atoms with van der Waals surface area (Å²) in [6.07, 6.45) is 2.26. The summed E-state index contributed by atoms with van der Waals surface area (Å²) < 4.78 is 6.16. The van der Waals surface area contributed by atoms with E-state index in [0.29, 0.717) is 48.3 Å². The van der Waals surface area contributed by atoms with Gasteiger partial charge in [0, 0.05) is 47.6 Å². The SMILES string of the molecule is CC1(C)CC(=O)C([C@H]2C3=C(CC(C)(C)CC3=O)Oc3ccccc32)=C(N)C1. The first-order chi connectivity index (χ1) is 12.6. The van der Waals surface area contributed by atoms with Crippen molar-refractivity contribution in [3.8, 4) is 5.75 Å². The molecule has 0 saturated carbocycles. The monoisotopic (exact) mass is 365 g/mol. The normalized spacial score (nSPS) is 26.4. The molecule has 1 heterocycles. The molecule has 142 valence electrons. The highest BCUT2D eigenvalue weighted by Gasteiger charge is 2.46. The molecule has 0 fully saturated rings. The molecule has 0 radical (unpaired) electrons. The molecule has 1 aromatic carbocycles. The lowest BCUT2D eigenvalue weighted by Gasteiger charge is -2.40. The van der Waals surface area contributed by atoms with Crippen LogP contribution in [0.3, 0.4) is 0 Å². The Bertz CT molecular complexity index is 917. The van der Waals surface area contributed by atoms with E-state index in [4.69, 9.17) is 10.5 Å². The second-order valence-electron chi connectivity index (χ2n) is 9.73. The van der Waals surface area contributed by atoms with Gasteiger partial charge in [-0.2, -0.15) is 0 Å². The molecular formula is C23H27NO3. The molecule has 4 rings (SSSR count). The zero-order chi connectivity index (χ0) is 19.6. The van der Waals surface area contributed by atoms with E-state index in [1.165, 1.54) is 0 Å². The van der Waals surface area contributed by atoms with Gasteiger partial charge in [0.2, 0.25) is 0 Å². The first-order valence-corrected chi connectivity index (χ1v) is 9.63. The quantitative estimate of drug-likeness (QED) is 0.800. The number of nitrogens with two attached hydrogens (primary N) is 1. The molecule has 0 saturated heterocycles. The summed E-state index contributed by atoms with van der Waals surface area (Å²) in [5, 5.41) is 0. The van der Waals surface area contributed by atoms with Gasteiger partial charge in [-0.1, -0.05) is 45.9 Å². The van der Waals surface area contributed by atoms with Crippen molar-refractivity contribution in [1.29, 1.82) is 0 Å². The molecule has 0 amide bonds. The molecule has 4 nitrogen and oxygen atoms in total. The second kappa shape index (κ2) is 5.82. The van der Waals surface area contributed by atoms with E-state index in [1.54, 1.807) is 0 Å². The molecule has 1 aliphatic heterocycles. The highest BCUT2D eigenvalue weighted by atomic mass is 16.5. The van der Waals surface area contributed by atoms with E-state index in [0.717, 1.165) is 11.3 Å². The van der Waals surface area contributed by atoms with Crippen molar-refractivity contribution in [2.75, 3.05) is 0 Å². The number of hydrogen-bond donors (Lipinski definition) is 1. The van der Waals surface area contributed by atoms with Gasteiger partial charge < -0.3 is 10.5 Å². The maximum atomic E-state index is 13.1. The van der Waals surface area contributed by atoms with E-state index in [1.807, 2.05) is 24.3 Å². The van der Waals surface area contributed by atoms with Crippen molar-refractivity contribution in [1.82, 2.24) is 0 Å². The topological polar surface area (TPSA) is 69.4 Å². The van der Waals surface area contributed by atoms with Crippen LogP contribution in [-0.4, -0.2) is 11.6 Å². The minimum absolute atomic E-state index is 0.0509. The Morgan fingerprint density at radius 1 is 0.889 bits per heavy atom. The van der Waals surface area contributed by atoms with Gasteiger partial charge in [-0.05, 0) is 23.3 Å². The van der Waals surface area contributed by atoms with Crippen molar-refractivity contribution in [3.63, 3.8) is 0 Å². The van der Waals surface area contributed by atoms with Crippen molar-refractivity contribution >= 4 is 11.6 Å². The van der Waals surface area contributed by atoms with E-state index in [9.17, 15) is 9.59 Å². The average Bonchev–Trinajstić information content (AvgIpc) is 2.50. The Kier molecular flexibility index (Phi) is 3.88. The lowest BCUT2D eigenvalue weighted by Crippen LogP contribution is -2.37. The number of ketones is 2. The summed E-state index contributed by atoms with van der Waals surface area (Å²) in [7, 11) is 0. The largest absolute Gasteiger partial charge is 0.461 e. The summed E-state index contributed by atoms with van der Waals surface area (Å²) in [6.45, 7) is 8.28. The molecule has 0 aromatic heterocycles. The number of ether oxygens (including phenoxy) is 1. The van der Waals surface area contributed by atoms with Gasteiger partial charge in [0.1, 0.15) is 11.5 Å². The molecule has 0 spiro atoms. The van der Waals surface area contributed by atoms with Crippen LogP contribution in [0.1, 0.15) is 64.9 Å². The lowest BCUT2D eigenvalue weighted by molar-refractivity contribution is -0.119. The number of para-hydroxylation sites is 1. The van der Waals surface area contributed by atoms with E-state index < -0.39 is 5.92 Å². The number of hydrogen-bond acceptors (Lipinski definition) is 4. The van der Waals surface area contributed by atoms with Crippen LogP contribution < -0.4 is 10.5 Å².